The Morgan fingerprint density at radius 3 is 2.25 bits per heavy atom. The Morgan fingerprint density at radius 2 is 1.71 bits per heavy atom. The minimum absolute atomic E-state index is 0.259. The number of nitrogens with zero attached hydrogens (tertiary/aromatic N) is 1. The fraction of sp³-hybridized carbons (Fsp3) is 0.600. The van der Waals surface area contributed by atoms with E-state index in [2.05, 4.69) is 5.32 Å². The first-order valence-corrected chi connectivity index (χ1v) is 9.89. The molecule has 1 N–H and O–H groups in total. The molecule has 1 aromatic rings. The van der Waals surface area contributed by atoms with E-state index in [1.165, 1.54) is 0 Å². The van der Waals surface area contributed by atoms with Crippen LogP contribution in [0.5, 0.6) is 17.2 Å². The number of carbonyl (C=O) groups excluding carboxylic acids is 2. The first-order valence-electron chi connectivity index (χ1n) is 9.89. The first kappa shape index (κ1) is 20.1. The average Bonchev–Trinajstić information content (AvgIpc) is 3.45. The second kappa shape index (κ2) is 9.03. The molecule has 8 heteroatoms. The minimum atomic E-state index is -0.336. The van der Waals surface area contributed by atoms with Gasteiger partial charge in [-0.05, 0) is 45.7 Å². The van der Waals surface area contributed by atoms with Crippen LogP contribution in [0.1, 0.15) is 44.0 Å². The highest BCUT2D eigenvalue weighted by Gasteiger charge is 2.40. The van der Waals surface area contributed by atoms with Crippen molar-refractivity contribution in [2.24, 2.45) is 0 Å². The van der Waals surface area contributed by atoms with Gasteiger partial charge < -0.3 is 29.2 Å². The van der Waals surface area contributed by atoms with Crippen molar-refractivity contribution in [3.8, 4) is 17.2 Å². The number of hydrogen-bond donors (Lipinski definition) is 1. The molecule has 2 fully saturated rings. The van der Waals surface area contributed by atoms with Gasteiger partial charge in [0.15, 0.2) is 11.5 Å². The molecule has 154 valence electrons. The molecule has 1 unspecified atom stereocenters. The van der Waals surface area contributed by atoms with E-state index in [0.717, 1.165) is 12.8 Å². The van der Waals surface area contributed by atoms with Gasteiger partial charge in [-0.1, -0.05) is 0 Å². The molecule has 0 aromatic heterocycles. The molecule has 1 aliphatic carbocycles. The predicted octanol–water partition coefficient (Wildman–Crippen LogP) is 2.60. The van der Waals surface area contributed by atoms with Crippen LogP contribution in [0.25, 0.3) is 0 Å². The lowest BCUT2D eigenvalue weighted by Crippen LogP contribution is -2.35. The predicted molar refractivity (Wildman–Crippen MR) is 102 cm³/mol. The summed E-state index contributed by atoms with van der Waals surface area (Å²) in [6.07, 6.45) is 1.43. The maximum Gasteiger partial charge on any atom is 0.410 e. The Labute approximate surface area is 165 Å². The monoisotopic (exact) mass is 392 g/mol. The smallest absolute Gasteiger partial charge is 0.410 e. The lowest BCUT2D eigenvalue weighted by Gasteiger charge is -2.17. The fourth-order valence-electron chi connectivity index (χ4n) is 3.16. The summed E-state index contributed by atoms with van der Waals surface area (Å²) in [5.41, 5.74) is 0.402. The maximum absolute atomic E-state index is 12.7. The summed E-state index contributed by atoms with van der Waals surface area (Å²) in [6, 6.07) is 3.59. The highest BCUT2D eigenvalue weighted by molar-refractivity contribution is 5.95. The largest absolute Gasteiger partial charge is 0.490 e. The van der Waals surface area contributed by atoms with Crippen LogP contribution in [0.4, 0.5) is 4.79 Å². The molecule has 0 radical (unpaired) electrons. The van der Waals surface area contributed by atoms with Gasteiger partial charge in [-0.3, -0.25) is 4.79 Å². The number of rotatable bonds is 10. The number of ether oxygens (including phenoxy) is 4. The zero-order valence-electron chi connectivity index (χ0n) is 16.7. The molecule has 1 saturated heterocycles. The molecule has 0 spiro atoms. The number of amides is 2. The molecule has 1 aromatic carbocycles. The molecule has 1 heterocycles. The quantitative estimate of drug-likeness (QED) is 0.659. The number of carbonyl (C=O) groups is 2. The summed E-state index contributed by atoms with van der Waals surface area (Å²) in [4.78, 5) is 26.3. The molecule has 3 rings (SSSR count). The molecule has 0 bridgehead atoms. The third kappa shape index (κ3) is 4.61. The zero-order valence-corrected chi connectivity index (χ0v) is 16.7. The average molecular weight is 392 g/mol. The lowest BCUT2D eigenvalue weighted by atomic mass is 10.1. The highest BCUT2D eigenvalue weighted by Crippen LogP contribution is 2.39. The lowest BCUT2D eigenvalue weighted by molar-refractivity contribution is 0.0913. The molecule has 2 amide bonds. The third-order valence-corrected chi connectivity index (χ3v) is 4.55. The van der Waals surface area contributed by atoms with Gasteiger partial charge in [-0.2, -0.15) is 0 Å². The summed E-state index contributed by atoms with van der Waals surface area (Å²) >= 11 is 0. The van der Waals surface area contributed by atoms with Crippen molar-refractivity contribution in [1.82, 2.24) is 10.2 Å². The Hall–Kier alpha value is -2.64. The summed E-state index contributed by atoms with van der Waals surface area (Å²) in [5, 5.41) is 2.84. The summed E-state index contributed by atoms with van der Waals surface area (Å²) in [5.74, 6) is 1.14. The summed E-state index contributed by atoms with van der Waals surface area (Å²) in [7, 11) is 0. The molecule has 8 nitrogen and oxygen atoms in total. The van der Waals surface area contributed by atoms with Gasteiger partial charge in [0.05, 0.1) is 32.9 Å². The van der Waals surface area contributed by atoms with E-state index in [-0.39, 0.29) is 24.6 Å². The zero-order chi connectivity index (χ0) is 20.1. The second-order valence-corrected chi connectivity index (χ2v) is 6.70. The molecular formula is C20H28N2O6. The van der Waals surface area contributed by atoms with Crippen LogP contribution in [0.2, 0.25) is 0 Å². The van der Waals surface area contributed by atoms with Crippen LogP contribution in [-0.2, 0) is 4.74 Å². The number of benzene rings is 1. The minimum Gasteiger partial charge on any atom is -0.490 e. The molecule has 2 aliphatic rings. The van der Waals surface area contributed by atoms with Crippen molar-refractivity contribution >= 4 is 12.0 Å². The van der Waals surface area contributed by atoms with Crippen molar-refractivity contribution in [1.29, 1.82) is 0 Å². The van der Waals surface area contributed by atoms with Crippen molar-refractivity contribution in [2.75, 3.05) is 32.9 Å². The number of hydrogen-bond acceptors (Lipinski definition) is 6. The molecular weight excluding hydrogens is 364 g/mol. The van der Waals surface area contributed by atoms with Crippen molar-refractivity contribution in [2.45, 2.75) is 45.8 Å². The Morgan fingerprint density at radius 1 is 1.11 bits per heavy atom. The van der Waals surface area contributed by atoms with Gasteiger partial charge >= 0.3 is 6.09 Å². The van der Waals surface area contributed by atoms with E-state index in [4.69, 9.17) is 18.9 Å². The first-order chi connectivity index (χ1) is 13.6. The van der Waals surface area contributed by atoms with E-state index < -0.39 is 0 Å². The fourth-order valence-corrected chi connectivity index (χ4v) is 3.16. The summed E-state index contributed by atoms with van der Waals surface area (Å²) in [6.45, 7) is 7.70. The standard InChI is InChI=1S/C20H28N2O6/c1-4-25-16-9-13(10-17(26-5-2)18(16)27-6-3)19(23)21-11-15-12-22(14-7-8-14)20(24)28-15/h9-10,14-15H,4-8,11-12H2,1-3H3,(H,21,23). The molecule has 1 saturated carbocycles. The highest BCUT2D eigenvalue weighted by atomic mass is 16.6. The SMILES string of the molecule is CCOc1cc(C(=O)NCC2CN(C3CC3)C(=O)O2)cc(OCC)c1OCC. The Balaban J connectivity index is 1.68. The van der Waals surface area contributed by atoms with Crippen molar-refractivity contribution in [3.05, 3.63) is 17.7 Å². The van der Waals surface area contributed by atoms with Crippen LogP contribution >= 0.6 is 0 Å². The van der Waals surface area contributed by atoms with Crippen LogP contribution in [0, 0.1) is 0 Å². The Kier molecular flexibility index (Phi) is 6.49. The van der Waals surface area contributed by atoms with Gasteiger partial charge in [0.2, 0.25) is 5.75 Å². The van der Waals surface area contributed by atoms with Crippen LogP contribution in [-0.4, -0.2) is 62.0 Å². The topological polar surface area (TPSA) is 86.3 Å². The van der Waals surface area contributed by atoms with E-state index in [1.54, 1.807) is 17.0 Å². The van der Waals surface area contributed by atoms with E-state index in [9.17, 15) is 9.59 Å². The third-order valence-electron chi connectivity index (χ3n) is 4.55. The Bertz CT molecular complexity index is 692. The van der Waals surface area contributed by atoms with Crippen LogP contribution in [0.15, 0.2) is 12.1 Å². The summed E-state index contributed by atoms with van der Waals surface area (Å²) < 4.78 is 22.3. The van der Waals surface area contributed by atoms with Crippen molar-refractivity contribution < 1.29 is 28.5 Å². The van der Waals surface area contributed by atoms with Crippen LogP contribution < -0.4 is 19.5 Å². The second-order valence-electron chi connectivity index (χ2n) is 6.70. The van der Waals surface area contributed by atoms with Gasteiger partial charge in [-0.25, -0.2) is 4.79 Å². The molecule has 28 heavy (non-hydrogen) atoms. The number of nitrogens with one attached hydrogen (secondary N) is 1. The van der Waals surface area contributed by atoms with Gasteiger partial charge in [0.25, 0.3) is 5.91 Å². The maximum atomic E-state index is 12.7. The van der Waals surface area contributed by atoms with Gasteiger partial charge in [0, 0.05) is 11.6 Å². The van der Waals surface area contributed by atoms with Crippen LogP contribution in [0.3, 0.4) is 0 Å². The van der Waals surface area contributed by atoms with Gasteiger partial charge in [0.1, 0.15) is 6.10 Å². The molecule has 1 aliphatic heterocycles. The van der Waals surface area contributed by atoms with E-state index in [0.29, 0.717) is 55.2 Å². The molecule has 1 atom stereocenters. The van der Waals surface area contributed by atoms with Crippen molar-refractivity contribution in [3.63, 3.8) is 0 Å². The normalized spacial score (nSPS) is 18.6. The van der Waals surface area contributed by atoms with E-state index >= 15 is 0 Å². The number of cyclic esters (lactones) is 1. The van der Waals surface area contributed by atoms with E-state index in [1.807, 2.05) is 20.8 Å². The van der Waals surface area contributed by atoms with Gasteiger partial charge in [-0.15, -0.1) is 0 Å².